The van der Waals surface area contributed by atoms with Gasteiger partial charge < -0.3 is 16.0 Å². The van der Waals surface area contributed by atoms with Gasteiger partial charge in [0.1, 0.15) is 0 Å². The van der Waals surface area contributed by atoms with Gasteiger partial charge in [0.15, 0.2) is 0 Å². The molecule has 1 aromatic heterocycles. The molecule has 0 aliphatic carbocycles. The van der Waals surface area contributed by atoms with Crippen molar-refractivity contribution >= 4 is 22.7 Å². The van der Waals surface area contributed by atoms with E-state index in [1.54, 1.807) is 18.3 Å². The Bertz CT molecular complexity index is 849. The molecule has 0 unspecified atom stereocenters. The Balaban J connectivity index is -0.000000449. The first kappa shape index (κ1) is 42.8. The molecule has 2 aliphatic rings. The molecule has 0 saturated carbocycles. The molecule has 1 saturated heterocycles. The predicted molar refractivity (Wildman–Crippen MR) is 178 cm³/mol. The topological polar surface area (TPSA) is 47.9 Å². The third-order valence-electron chi connectivity index (χ3n) is 6.86. The fourth-order valence-electron chi connectivity index (χ4n) is 4.74. The summed E-state index contributed by atoms with van der Waals surface area (Å²) >= 11 is 1.65. The van der Waals surface area contributed by atoms with Crippen LogP contribution < -0.4 is 10.6 Å². The van der Waals surface area contributed by atoms with E-state index >= 15 is 0 Å². The molecule has 5 heteroatoms. The standard InChI is InChI=1S/C10H13N.C10H21N.C8H10NS.3C2H6.Y/c1-2-8-3-4-9-5-6-11-10(9)7-8;1-3-5-10(4-2)6-8-11-9-7-10;1-5-4-8(6(2)9)7(3)10-5;3*1-2;/h3-4,7,11H,2,5-6H2,1H3;11H,3-9H2,1-2H3;4,9H,1H2,2-3H3;3*1-2H3;/q;;-1;;;;. The Labute approximate surface area is 273 Å². The van der Waals surface area contributed by atoms with E-state index in [1.165, 1.54) is 73.3 Å². The van der Waals surface area contributed by atoms with Gasteiger partial charge in [-0.2, -0.15) is 17.4 Å². The summed E-state index contributed by atoms with van der Waals surface area (Å²) < 4.78 is 0. The Kier molecular flexibility index (Phi) is 28.8. The van der Waals surface area contributed by atoms with E-state index in [0.29, 0.717) is 11.1 Å². The second kappa shape index (κ2) is 26.2. The third kappa shape index (κ3) is 16.4. The van der Waals surface area contributed by atoms with Gasteiger partial charge in [0, 0.05) is 50.7 Å². The molecule has 0 bridgehead atoms. The van der Waals surface area contributed by atoms with Crippen LogP contribution in [-0.4, -0.2) is 25.3 Å². The van der Waals surface area contributed by atoms with E-state index in [-0.39, 0.29) is 32.7 Å². The summed E-state index contributed by atoms with van der Waals surface area (Å²) in [4.78, 5) is 2.23. The molecule has 3 heterocycles. The van der Waals surface area contributed by atoms with Crippen LogP contribution in [0.3, 0.4) is 0 Å². The van der Waals surface area contributed by atoms with E-state index in [0.717, 1.165) is 23.4 Å². The molecule has 0 amide bonds. The summed E-state index contributed by atoms with van der Waals surface area (Å²) in [7, 11) is 0. The molecule has 39 heavy (non-hydrogen) atoms. The number of nitrogens with one attached hydrogen (secondary N) is 3. The van der Waals surface area contributed by atoms with Gasteiger partial charge in [0.05, 0.1) is 0 Å². The molecule has 1 aromatic carbocycles. The number of anilines is 1. The number of benzene rings is 1. The SMILES string of the molecule is CC.CC.CC.CCCC1(CC)CCNCC1.CCc1ccc2c(c1)NCC2.[CH2-]c1cc(C(C)=N)c(C)s1.[Y]. The maximum absolute atomic E-state index is 7.37. The number of thiophene rings is 1. The van der Waals surface area contributed by atoms with Crippen molar-refractivity contribution in [1.82, 2.24) is 5.32 Å². The van der Waals surface area contributed by atoms with Gasteiger partial charge >= 0.3 is 0 Å². The Morgan fingerprint density at radius 1 is 0.974 bits per heavy atom. The van der Waals surface area contributed by atoms with Gasteiger partial charge in [-0.25, -0.2) is 6.92 Å². The van der Waals surface area contributed by atoms with Crippen molar-refractivity contribution in [3.05, 3.63) is 57.6 Å². The van der Waals surface area contributed by atoms with Gasteiger partial charge in [-0.3, -0.25) is 0 Å². The Morgan fingerprint density at radius 3 is 1.97 bits per heavy atom. The van der Waals surface area contributed by atoms with E-state index in [9.17, 15) is 0 Å². The monoisotopic (exact) mass is 633 g/mol. The molecule has 3 N–H and O–H groups in total. The minimum absolute atomic E-state index is 0. The average Bonchev–Trinajstić information content (AvgIpc) is 3.58. The molecule has 223 valence electrons. The first-order valence-electron chi connectivity index (χ1n) is 15.4. The zero-order valence-electron chi connectivity index (χ0n) is 27.6. The summed E-state index contributed by atoms with van der Waals surface area (Å²) in [5.74, 6) is 0. The second-order valence-corrected chi connectivity index (χ2v) is 10.5. The van der Waals surface area contributed by atoms with Gasteiger partial charge in [-0.1, -0.05) is 92.9 Å². The van der Waals surface area contributed by atoms with Crippen LogP contribution in [0.15, 0.2) is 24.3 Å². The van der Waals surface area contributed by atoms with Crippen LogP contribution in [0.1, 0.15) is 128 Å². The van der Waals surface area contributed by atoms with Gasteiger partial charge in [0.25, 0.3) is 0 Å². The molecule has 1 radical (unpaired) electrons. The normalized spacial score (nSPS) is 13.6. The molecular formula is C34H62N3SY-. The average molecular weight is 634 g/mol. The third-order valence-corrected chi connectivity index (χ3v) is 7.77. The van der Waals surface area contributed by atoms with Crippen LogP contribution in [0.4, 0.5) is 5.69 Å². The van der Waals surface area contributed by atoms with Gasteiger partial charge in [-0.05, 0) is 86.5 Å². The molecule has 3 nitrogen and oxygen atoms in total. The van der Waals surface area contributed by atoms with E-state index in [1.807, 2.05) is 54.5 Å². The minimum Gasteiger partial charge on any atom is -0.384 e. The molecule has 1 fully saturated rings. The maximum atomic E-state index is 7.37. The molecule has 2 aromatic rings. The molecule has 0 spiro atoms. The van der Waals surface area contributed by atoms with E-state index in [4.69, 9.17) is 5.41 Å². The largest absolute Gasteiger partial charge is 0.384 e. The van der Waals surface area contributed by atoms with Gasteiger partial charge in [0.2, 0.25) is 0 Å². The summed E-state index contributed by atoms with van der Waals surface area (Å²) in [6.07, 6.45) is 9.30. The van der Waals surface area contributed by atoms with Gasteiger partial charge in [-0.15, -0.1) is 4.88 Å². The van der Waals surface area contributed by atoms with Crippen molar-refractivity contribution in [3.63, 3.8) is 0 Å². The zero-order chi connectivity index (χ0) is 29.6. The number of aryl methyl sites for hydroxylation is 2. The Morgan fingerprint density at radius 2 is 1.56 bits per heavy atom. The van der Waals surface area contributed by atoms with Crippen molar-refractivity contribution in [3.8, 4) is 0 Å². The van der Waals surface area contributed by atoms with Crippen LogP contribution in [-0.2, 0) is 45.6 Å². The minimum atomic E-state index is 0. The van der Waals surface area contributed by atoms with Crippen molar-refractivity contribution in [1.29, 1.82) is 5.41 Å². The molecule has 4 rings (SSSR count). The molecular weight excluding hydrogens is 571 g/mol. The quantitative estimate of drug-likeness (QED) is 0.227. The van der Waals surface area contributed by atoms with Crippen LogP contribution >= 0.6 is 11.3 Å². The van der Waals surface area contributed by atoms with Crippen LogP contribution in [0.25, 0.3) is 0 Å². The van der Waals surface area contributed by atoms with Crippen LogP contribution in [0, 0.1) is 24.7 Å². The molecule has 2 aliphatic heterocycles. The second-order valence-electron chi connectivity index (χ2n) is 9.18. The summed E-state index contributed by atoms with van der Waals surface area (Å²) in [6, 6.07) is 8.70. The first-order chi connectivity index (χ1) is 18.3. The Hall–Kier alpha value is -0.676. The van der Waals surface area contributed by atoms with Crippen molar-refractivity contribution in [2.24, 2.45) is 5.41 Å². The van der Waals surface area contributed by atoms with Crippen molar-refractivity contribution < 1.29 is 32.7 Å². The van der Waals surface area contributed by atoms with E-state index in [2.05, 4.69) is 56.5 Å². The van der Waals surface area contributed by atoms with E-state index < -0.39 is 0 Å². The maximum Gasteiger partial charge on any atom is 0.0376 e. The first-order valence-corrected chi connectivity index (χ1v) is 16.2. The van der Waals surface area contributed by atoms with Crippen molar-refractivity contribution in [2.45, 2.75) is 121 Å². The fourth-order valence-corrected chi connectivity index (χ4v) is 5.63. The van der Waals surface area contributed by atoms with Crippen LogP contribution in [0.2, 0.25) is 0 Å². The summed E-state index contributed by atoms with van der Waals surface area (Å²) in [5, 5.41) is 14.2. The predicted octanol–water partition coefficient (Wildman–Crippen LogP) is 10.5. The van der Waals surface area contributed by atoms with Crippen LogP contribution in [0.5, 0.6) is 0 Å². The number of rotatable bonds is 5. The zero-order valence-corrected chi connectivity index (χ0v) is 31.2. The number of hydrogen-bond donors (Lipinski definition) is 3. The number of fused-ring (bicyclic) bond motifs is 1. The molecule has 0 atom stereocenters. The number of piperidine rings is 1. The fraction of sp³-hybridized carbons (Fsp3) is 0.647. The smallest absolute Gasteiger partial charge is 0.0376 e. The summed E-state index contributed by atoms with van der Waals surface area (Å²) in [6.45, 7) is 30.1. The van der Waals surface area contributed by atoms with Crippen molar-refractivity contribution in [2.75, 3.05) is 25.0 Å². The number of hydrogen-bond acceptors (Lipinski definition) is 4. The summed E-state index contributed by atoms with van der Waals surface area (Å²) in [5.41, 5.74) is 6.63.